The van der Waals surface area contributed by atoms with Gasteiger partial charge in [0.25, 0.3) is 0 Å². The molecule has 3 nitrogen and oxygen atoms in total. The number of rotatable bonds is 6. The topological polar surface area (TPSA) is 18.5 Å². The van der Waals surface area contributed by atoms with Crippen LogP contribution in [0.1, 0.15) is 33.1 Å². The van der Waals surface area contributed by atoms with Crippen LogP contribution in [0.2, 0.25) is 0 Å². The van der Waals surface area contributed by atoms with Crippen LogP contribution in [-0.4, -0.2) is 62.2 Å². The van der Waals surface area contributed by atoms with Crippen LogP contribution >= 0.6 is 0 Å². The molecule has 0 aliphatic carbocycles. The quantitative estimate of drug-likeness (QED) is 0.692. The van der Waals surface area contributed by atoms with E-state index in [-0.39, 0.29) is 0 Å². The summed E-state index contributed by atoms with van der Waals surface area (Å²) in [6.07, 6.45) is 3.98. The Labute approximate surface area is 101 Å². The first-order valence-electron chi connectivity index (χ1n) is 6.83. The average molecular weight is 227 g/mol. The zero-order valence-electron chi connectivity index (χ0n) is 11.3. The summed E-state index contributed by atoms with van der Waals surface area (Å²) in [7, 11) is 2.23. The van der Waals surface area contributed by atoms with E-state index in [9.17, 15) is 0 Å². The highest BCUT2D eigenvalue weighted by Gasteiger charge is 2.10. The number of hydrogen-bond donors (Lipinski definition) is 1. The number of likely N-dealkylation sites (N-methyl/N-ethyl adjacent to an activating group) is 1. The summed E-state index contributed by atoms with van der Waals surface area (Å²) < 4.78 is 0. The van der Waals surface area contributed by atoms with Crippen LogP contribution < -0.4 is 5.32 Å². The molecule has 0 aromatic rings. The second-order valence-electron chi connectivity index (χ2n) is 5.31. The predicted molar refractivity (Wildman–Crippen MR) is 70.9 cm³/mol. The van der Waals surface area contributed by atoms with Crippen molar-refractivity contribution in [1.82, 2.24) is 15.1 Å². The van der Waals surface area contributed by atoms with Gasteiger partial charge in [-0.1, -0.05) is 13.8 Å². The van der Waals surface area contributed by atoms with Crippen LogP contribution in [0.3, 0.4) is 0 Å². The van der Waals surface area contributed by atoms with Crippen molar-refractivity contribution in [2.75, 3.05) is 46.3 Å². The van der Waals surface area contributed by atoms with Gasteiger partial charge in [0.1, 0.15) is 0 Å². The molecule has 0 radical (unpaired) electrons. The second kappa shape index (κ2) is 8.04. The molecule has 0 aromatic carbocycles. The minimum Gasteiger partial charge on any atom is -0.315 e. The molecule has 0 saturated carbocycles. The summed E-state index contributed by atoms with van der Waals surface area (Å²) in [6, 6.07) is 0.631. The minimum atomic E-state index is 0.631. The van der Waals surface area contributed by atoms with Gasteiger partial charge in [-0.05, 0) is 52.5 Å². The molecule has 3 heteroatoms. The maximum absolute atomic E-state index is 3.48. The second-order valence-corrected chi connectivity index (χ2v) is 5.31. The molecule has 1 aliphatic rings. The lowest BCUT2D eigenvalue weighted by Gasteiger charge is -2.20. The summed E-state index contributed by atoms with van der Waals surface area (Å²) in [5.41, 5.74) is 0. The summed E-state index contributed by atoms with van der Waals surface area (Å²) in [5.74, 6) is 0. The van der Waals surface area contributed by atoms with Crippen LogP contribution in [0, 0.1) is 0 Å². The first-order chi connectivity index (χ1) is 7.68. The van der Waals surface area contributed by atoms with Gasteiger partial charge < -0.3 is 15.1 Å². The maximum atomic E-state index is 3.48. The molecule has 96 valence electrons. The summed E-state index contributed by atoms with van der Waals surface area (Å²) in [5, 5.41) is 3.48. The zero-order chi connectivity index (χ0) is 11.8. The number of hydrogen-bond acceptors (Lipinski definition) is 3. The van der Waals surface area contributed by atoms with Crippen LogP contribution in [0.15, 0.2) is 0 Å². The zero-order valence-corrected chi connectivity index (χ0v) is 11.3. The molecular formula is C13H29N3. The third-order valence-corrected chi connectivity index (χ3v) is 3.27. The third-order valence-electron chi connectivity index (χ3n) is 3.27. The van der Waals surface area contributed by atoms with Crippen LogP contribution in [0.25, 0.3) is 0 Å². The van der Waals surface area contributed by atoms with E-state index in [1.54, 1.807) is 0 Å². The first-order valence-corrected chi connectivity index (χ1v) is 6.83. The Morgan fingerprint density at radius 2 is 1.88 bits per heavy atom. The monoisotopic (exact) mass is 227 g/mol. The number of nitrogens with one attached hydrogen (secondary N) is 1. The van der Waals surface area contributed by atoms with E-state index in [0.717, 1.165) is 0 Å². The molecule has 0 atom stereocenters. The Morgan fingerprint density at radius 1 is 1.06 bits per heavy atom. The van der Waals surface area contributed by atoms with Gasteiger partial charge in [0.2, 0.25) is 0 Å². The highest BCUT2D eigenvalue weighted by atomic mass is 15.2. The highest BCUT2D eigenvalue weighted by molar-refractivity contribution is 4.67. The van der Waals surface area contributed by atoms with E-state index in [2.05, 4.69) is 36.0 Å². The van der Waals surface area contributed by atoms with Gasteiger partial charge in [-0.25, -0.2) is 0 Å². The van der Waals surface area contributed by atoms with Crippen molar-refractivity contribution >= 4 is 0 Å². The molecule has 0 bridgehead atoms. The Bertz CT molecular complexity index is 171. The van der Waals surface area contributed by atoms with Crippen LogP contribution in [-0.2, 0) is 0 Å². The Hall–Kier alpha value is -0.120. The lowest BCUT2D eigenvalue weighted by Crippen LogP contribution is -2.30. The van der Waals surface area contributed by atoms with Gasteiger partial charge >= 0.3 is 0 Å². The molecule has 0 unspecified atom stereocenters. The van der Waals surface area contributed by atoms with Crippen molar-refractivity contribution in [2.45, 2.75) is 39.2 Å². The van der Waals surface area contributed by atoms with Gasteiger partial charge in [0.05, 0.1) is 0 Å². The van der Waals surface area contributed by atoms with Crippen LogP contribution in [0.5, 0.6) is 0 Å². The van der Waals surface area contributed by atoms with Crippen molar-refractivity contribution in [3.8, 4) is 0 Å². The Balaban J connectivity index is 1.99. The molecule has 1 heterocycles. The fourth-order valence-electron chi connectivity index (χ4n) is 2.17. The van der Waals surface area contributed by atoms with E-state index in [0.29, 0.717) is 6.04 Å². The van der Waals surface area contributed by atoms with Crippen molar-refractivity contribution < 1.29 is 0 Å². The van der Waals surface area contributed by atoms with Gasteiger partial charge in [-0.2, -0.15) is 0 Å². The molecule has 1 fully saturated rings. The molecule has 0 spiro atoms. The predicted octanol–water partition coefficient (Wildman–Crippen LogP) is 1.40. The van der Waals surface area contributed by atoms with Crippen molar-refractivity contribution in [3.63, 3.8) is 0 Å². The maximum Gasteiger partial charge on any atom is 0.0109 e. The molecular weight excluding hydrogens is 198 g/mol. The lowest BCUT2D eigenvalue weighted by molar-refractivity contribution is 0.270. The Morgan fingerprint density at radius 3 is 2.62 bits per heavy atom. The van der Waals surface area contributed by atoms with Gasteiger partial charge in [0.15, 0.2) is 0 Å². The molecule has 1 rings (SSSR count). The molecule has 0 amide bonds. The van der Waals surface area contributed by atoms with Crippen LogP contribution in [0.4, 0.5) is 0 Å². The molecule has 1 aliphatic heterocycles. The van der Waals surface area contributed by atoms with Gasteiger partial charge in [-0.3, -0.25) is 0 Å². The van der Waals surface area contributed by atoms with Crippen molar-refractivity contribution in [1.29, 1.82) is 0 Å². The molecule has 0 aromatic heterocycles. The normalized spacial score (nSPS) is 20.2. The summed E-state index contributed by atoms with van der Waals surface area (Å²) in [6.45, 7) is 11.9. The van der Waals surface area contributed by atoms with Gasteiger partial charge in [0, 0.05) is 19.1 Å². The van der Waals surface area contributed by atoms with Gasteiger partial charge in [-0.15, -0.1) is 0 Å². The van der Waals surface area contributed by atoms with E-state index in [4.69, 9.17) is 0 Å². The van der Waals surface area contributed by atoms with E-state index >= 15 is 0 Å². The fourth-order valence-corrected chi connectivity index (χ4v) is 2.17. The first kappa shape index (κ1) is 13.9. The van der Waals surface area contributed by atoms with E-state index in [1.165, 1.54) is 58.5 Å². The highest BCUT2D eigenvalue weighted by Crippen LogP contribution is 2.02. The largest absolute Gasteiger partial charge is 0.315 e. The summed E-state index contributed by atoms with van der Waals surface area (Å²) >= 11 is 0. The van der Waals surface area contributed by atoms with Crippen molar-refractivity contribution in [2.24, 2.45) is 0 Å². The standard InChI is InChI=1S/C13H29N3/c1-13(2)14-7-4-5-9-16-10-6-8-15(3)11-12-16/h13-14H,4-12H2,1-3H3. The third kappa shape index (κ3) is 6.46. The SMILES string of the molecule is CC(C)NCCCCN1CCCN(C)CC1. The van der Waals surface area contributed by atoms with E-state index < -0.39 is 0 Å². The average Bonchev–Trinajstić information content (AvgIpc) is 2.43. The number of nitrogens with zero attached hydrogens (tertiary/aromatic N) is 2. The molecule has 1 N–H and O–H groups in total. The number of unbranched alkanes of at least 4 members (excludes halogenated alkanes) is 1. The molecule has 1 saturated heterocycles. The lowest BCUT2D eigenvalue weighted by atomic mass is 10.2. The fraction of sp³-hybridized carbons (Fsp3) is 1.00. The molecule has 16 heavy (non-hydrogen) atoms. The Kier molecular flexibility index (Phi) is 7.01. The van der Waals surface area contributed by atoms with Crippen molar-refractivity contribution in [3.05, 3.63) is 0 Å². The summed E-state index contributed by atoms with van der Waals surface area (Å²) in [4.78, 5) is 5.07. The van der Waals surface area contributed by atoms with E-state index in [1.807, 2.05) is 0 Å². The smallest absolute Gasteiger partial charge is 0.0109 e. The minimum absolute atomic E-state index is 0.631.